The quantitative estimate of drug-likeness (QED) is 0.913. The number of nitrogens with zero attached hydrogens (tertiary/aromatic N) is 4. The SMILES string of the molecule is CN(Cc1cnn(C)c1)c1ncc(CO)cc1Cl. The van der Waals surface area contributed by atoms with E-state index in [1.54, 1.807) is 16.9 Å². The lowest BCUT2D eigenvalue weighted by Gasteiger charge is -2.18. The van der Waals surface area contributed by atoms with Crippen LogP contribution in [0.5, 0.6) is 0 Å². The molecule has 2 aromatic rings. The maximum absolute atomic E-state index is 9.01. The Hall–Kier alpha value is -1.59. The minimum absolute atomic E-state index is 0.0562. The molecule has 0 aliphatic heterocycles. The van der Waals surface area contributed by atoms with E-state index in [1.807, 2.05) is 31.4 Å². The van der Waals surface area contributed by atoms with Crippen molar-refractivity contribution >= 4 is 17.4 Å². The molecule has 0 saturated carbocycles. The number of aromatic nitrogens is 3. The Morgan fingerprint density at radius 1 is 1.39 bits per heavy atom. The highest BCUT2D eigenvalue weighted by molar-refractivity contribution is 6.33. The lowest BCUT2D eigenvalue weighted by Crippen LogP contribution is -2.18. The molecule has 0 aromatic carbocycles. The molecular formula is C12H15ClN4O. The number of rotatable bonds is 4. The van der Waals surface area contributed by atoms with Crippen molar-refractivity contribution in [3.63, 3.8) is 0 Å². The van der Waals surface area contributed by atoms with E-state index in [2.05, 4.69) is 10.1 Å². The second-order valence-electron chi connectivity index (χ2n) is 4.19. The summed E-state index contributed by atoms with van der Waals surface area (Å²) in [5.41, 5.74) is 1.79. The van der Waals surface area contributed by atoms with E-state index < -0.39 is 0 Å². The molecule has 0 aliphatic rings. The molecule has 0 fully saturated rings. The van der Waals surface area contributed by atoms with Crippen LogP contribution in [0.1, 0.15) is 11.1 Å². The van der Waals surface area contributed by atoms with Crippen LogP contribution in [-0.2, 0) is 20.2 Å². The van der Waals surface area contributed by atoms with Gasteiger partial charge in [-0.3, -0.25) is 4.68 Å². The van der Waals surface area contributed by atoms with Crippen LogP contribution in [0.2, 0.25) is 5.02 Å². The minimum Gasteiger partial charge on any atom is -0.392 e. The van der Waals surface area contributed by atoms with Crippen LogP contribution < -0.4 is 4.90 Å². The molecule has 0 radical (unpaired) electrons. The van der Waals surface area contributed by atoms with Crippen molar-refractivity contribution in [3.8, 4) is 0 Å². The average Bonchev–Trinajstić information content (AvgIpc) is 2.74. The van der Waals surface area contributed by atoms with Gasteiger partial charge in [0.05, 0.1) is 17.8 Å². The predicted molar refractivity (Wildman–Crippen MR) is 70.5 cm³/mol. The van der Waals surface area contributed by atoms with Gasteiger partial charge in [-0.25, -0.2) is 4.98 Å². The Bertz CT molecular complexity index is 541. The first-order valence-electron chi connectivity index (χ1n) is 5.54. The van der Waals surface area contributed by atoms with Crippen LogP contribution in [0.4, 0.5) is 5.82 Å². The van der Waals surface area contributed by atoms with Gasteiger partial charge in [-0.15, -0.1) is 0 Å². The van der Waals surface area contributed by atoms with Crippen LogP contribution in [0.3, 0.4) is 0 Å². The third-order valence-electron chi connectivity index (χ3n) is 2.60. The number of aryl methyl sites for hydroxylation is 1. The molecule has 0 aliphatic carbocycles. The summed E-state index contributed by atoms with van der Waals surface area (Å²) in [6.45, 7) is 0.623. The van der Waals surface area contributed by atoms with Crippen LogP contribution in [0.25, 0.3) is 0 Å². The van der Waals surface area contributed by atoms with Gasteiger partial charge in [0.15, 0.2) is 0 Å². The number of aliphatic hydroxyl groups excluding tert-OH is 1. The molecule has 0 atom stereocenters. The van der Waals surface area contributed by atoms with E-state index in [4.69, 9.17) is 16.7 Å². The van der Waals surface area contributed by atoms with E-state index in [0.717, 1.165) is 5.56 Å². The van der Waals surface area contributed by atoms with Gasteiger partial charge >= 0.3 is 0 Å². The van der Waals surface area contributed by atoms with Crippen LogP contribution in [-0.4, -0.2) is 26.9 Å². The molecule has 2 aromatic heterocycles. The van der Waals surface area contributed by atoms with Gasteiger partial charge in [0, 0.05) is 38.6 Å². The normalized spacial score (nSPS) is 10.7. The molecule has 0 saturated heterocycles. The number of halogens is 1. The van der Waals surface area contributed by atoms with Gasteiger partial charge in [-0.1, -0.05) is 11.6 Å². The van der Waals surface area contributed by atoms with Crippen molar-refractivity contribution in [2.24, 2.45) is 7.05 Å². The van der Waals surface area contributed by atoms with Crippen molar-refractivity contribution in [1.82, 2.24) is 14.8 Å². The number of anilines is 1. The van der Waals surface area contributed by atoms with E-state index in [9.17, 15) is 0 Å². The van der Waals surface area contributed by atoms with Gasteiger partial charge in [0.1, 0.15) is 5.82 Å². The first-order chi connectivity index (χ1) is 8.60. The zero-order valence-electron chi connectivity index (χ0n) is 10.3. The van der Waals surface area contributed by atoms with Crippen molar-refractivity contribution < 1.29 is 5.11 Å². The summed E-state index contributed by atoms with van der Waals surface area (Å²) in [6, 6.07) is 1.73. The van der Waals surface area contributed by atoms with Crippen molar-refractivity contribution in [1.29, 1.82) is 0 Å². The number of aliphatic hydroxyl groups is 1. The fourth-order valence-corrected chi connectivity index (χ4v) is 2.07. The third kappa shape index (κ3) is 2.80. The highest BCUT2D eigenvalue weighted by Crippen LogP contribution is 2.24. The van der Waals surface area contributed by atoms with Gasteiger partial charge < -0.3 is 10.0 Å². The molecule has 0 bridgehead atoms. The first kappa shape index (κ1) is 12.9. The fraction of sp³-hybridized carbons (Fsp3) is 0.333. The van der Waals surface area contributed by atoms with E-state index in [1.165, 1.54) is 0 Å². The van der Waals surface area contributed by atoms with E-state index >= 15 is 0 Å². The number of hydrogen-bond acceptors (Lipinski definition) is 4. The lowest BCUT2D eigenvalue weighted by atomic mass is 10.3. The minimum atomic E-state index is -0.0562. The van der Waals surface area contributed by atoms with Crippen molar-refractivity contribution in [3.05, 3.63) is 40.8 Å². The summed E-state index contributed by atoms with van der Waals surface area (Å²) >= 11 is 6.14. The highest BCUT2D eigenvalue weighted by atomic mass is 35.5. The molecule has 96 valence electrons. The predicted octanol–water partition coefficient (Wildman–Crippen LogP) is 1.60. The molecule has 1 N–H and O–H groups in total. The molecule has 0 amide bonds. The van der Waals surface area contributed by atoms with Crippen molar-refractivity contribution in [2.75, 3.05) is 11.9 Å². The van der Waals surface area contributed by atoms with Gasteiger partial charge in [-0.2, -0.15) is 5.10 Å². The van der Waals surface area contributed by atoms with E-state index in [-0.39, 0.29) is 6.61 Å². The summed E-state index contributed by atoms with van der Waals surface area (Å²) in [5, 5.41) is 13.7. The number of pyridine rings is 1. The Balaban J connectivity index is 2.15. The van der Waals surface area contributed by atoms with Gasteiger partial charge in [-0.05, 0) is 11.6 Å². The Labute approximate surface area is 111 Å². The monoisotopic (exact) mass is 266 g/mol. The summed E-state index contributed by atoms with van der Waals surface area (Å²) in [6.07, 6.45) is 5.39. The smallest absolute Gasteiger partial charge is 0.147 e. The molecule has 2 heterocycles. The topological polar surface area (TPSA) is 54.2 Å². The Kier molecular flexibility index (Phi) is 3.84. The Morgan fingerprint density at radius 3 is 2.72 bits per heavy atom. The maximum Gasteiger partial charge on any atom is 0.147 e. The molecular weight excluding hydrogens is 252 g/mol. The van der Waals surface area contributed by atoms with E-state index in [0.29, 0.717) is 22.9 Å². The molecule has 0 unspecified atom stereocenters. The largest absolute Gasteiger partial charge is 0.392 e. The second kappa shape index (κ2) is 5.37. The maximum atomic E-state index is 9.01. The molecule has 0 spiro atoms. The summed E-state index contributed by atoms with van der Waals surface area (Å²) < 4.78 is 1.76. The number of hydrogen-bond donors (Lipinski definition) is 1. The first-order valence-corrected chi connectivity index (χ1v) is 5.92. The summed E-state index contributed by atoms with van der Waals surface area (Å²) in [4.78, 5) is 6.20. The third-order valence-corrected chi connectivity index (χ3v) is 2.88. The second-order valence-corrected chi connectivity index (χ2v) is 4.59. The molecule has 2 rings (SSSR count). The van der Waals surface area contributed by atoms with Crippen LogP contribution >= 0.6 is 11.6 Å². The molecule has 6 heteroatoms. The Morgan fingerprint density at radius 2 is 2.17 bits per heavy atom. The molecule has 5 nitrogen and oxygen atoms in total. The summed E-state index contributed by atoms with van der Waals surface area (Å²) in [5.74, 6) is 0.692. The average molecular weight is 267 g/mol. The van der Waals surface area contributed by atoms with Crippen molar-refractivity contribution in [2.45, 2.75) is 13.2 Å². The standard InChI is InChI=1S/C12H15ClN4O/c1-16(6-10-5-15-17(2)7-10)12-11(13)3-9(8-18)4-14-12/h3-5,7,18H,6,8H2,1-2H3. The van der Waals surface area contributed by atoms with Gasteiger partial charge in [0.2, 0.25) is 0 Å². The zero-order valence-corrected chi connectivity index (χ0v) is 11.1. The zero-order chi connectivity index (χ0) is 13.1. The highest BCUT2D eigenvalue weighted by Gasteiger charge is 2.10. The lowest BCUT2D eigenvalue weighted by molar-refractivity contribution is 0.281. The van der Waals surface area contributed by atoms with Crippen LogP contribution in [0, 0.1) is 0 Å². The fourth-order valence-electron chi connectivity index (χ4n) is 1.74. The van der Waals surface area contributed by atoms with Gasteiger partial charge in [0.25, 0.3) is 0 Å². The van der Waals surface area contributed by atoms with Crippen LogP contribution in [0.15, 0.2) is 24.7 Å². The molecule has 18 heavy (non-hydrogen) atoms. The summed E-state index contributed by atoms with van der Waals surface area (Å²) in [7, 11) is 3.80.